The first-order valence-electron chi connectivity index (χ1n) is 26.3. The van der Waals surface area contributed by atoms with Crippen molar-refractivity contribution in [3.8, 4) is 0 Å². The van der Waals surface area contributed by atoms with E-state index in [-0.39, 0.29) is 31.1 Å². The van der Waals surface area contributed by atoms with Crippen LogP contribution in [0.25, 0.3) is 0 Å². The standard InChI is InChI=1S/C54H100O6/c1-4-7-10-13-16-19-22-24-25-26-27-28-30-32-35-38-41-44-47-53(56)59-50-51(49-58-52(55)46-43-40-37-34-31-21-18-15-12-9-6-3)60-54(57)48-45-42-39-36-33-29-23-20-17-14-11-8-5-2/h19,22,25-26,51H,4-18,20-21,23-24,27-50H2,1-3H3/b22-19-,26-25-. The van der Waals surface area contributed by atoms with Gasteiger partial charge in [0, 0.05) is 19.3 Å². The normalized spacial score (nSPS) is 12.1. The molecule has 0 aliphatic heterocycles. The first-order chi connectivity index (χ1) is 29.5. The van der Waals surface area contributed by atoms with Gasteiger partial charge in [0.05, 0.1) is 0 Å². The molecule has 1 unspecified atom stereocenters. The molecule has 0 heterocycles. The van der Waals surface area contributed by atoms with Gasteiger partial charge in [0.25, 0.3) is 0 Å². The summed E-state index contributed by atoms with van der Waals surface area (Å²) in [5.74, 6) is -0.863. The van der Waals surface area contributed by atoms with Crippen LogP contribution in [0.1, 0.15) is 284 Å². The number of carbonyl (C=O) groups is 3. The summed E-state index contributed by atoms with van der Waals surface area (Å²) in [6.45, 7) is 6.63. The minimum atomic E-state index is -0.767. The molecule has 0 fully saturated rings. The summed E-state index contributed by atoms with van der Waals surface area (Å²) in [7, 11) is 0. The van der Waals surface area contributed by atoms with Crippen LogP contribution in [0, 0.1) is 0 Å². The van der Waals surface area contributed by atoms with Gasteiger partial charge in [0.1, 0.15) is 13.2 Å². The van der Waals surface area contributed by atoms with Crippen LogP contribution in [0.3, 0.4) is 0 Å². The van der Waals surface area contributed by atoms with Gasteiger partial charge in [-0.1, -0.05) is 238 Å². The predicted octanol–water partition coefficient (Wildman–Crippen LogP) is 17.2. The molecule has 0 spiro atoms. The topological polar surface area (TPSA) is 78.9 Å². The first-order valence-corrected chi connectivity index (χ1v) is 26.3. The van der Waals surface area contributed by atoms with E-state index >= 15 is 0 Å². The molecule has 0 bridgehead atoms. The highest BCUT2D eigenvalue weighted by Gasteiger charge is 2.19. The molecule has 0 radical (unpaired) electrons. The number of hydrogen-bond acceptors (Lipinski definition) is 6. The Hall–Kier alpha value is -2.11. The summed E-state index contributed by atoms with van der Waals surface area (Å²) in [5.41, 5.74) is 0. The lowest BCUT2D eigenvalue weighted by Crippen LogP contribution is -2.30. The number of carbonyl (C=O) groups excluding carboxylic acids is 3. The van der Waals surface area contributed by atoms with E-state index in [2.05, 4.69) is 45.1 Å². The van der Waals surface area contributed by atoms with E-state index in [9.17, 15) is 14.4 Å². The Morgan fingerprint density at radius 3 is 0.933 bits per heavy atom. The second-order valence-corrected chi connectivity index (χ2v) is 17.8. The lowest BCUT2D eigenvalue weighted by molar-refractivity contribution is -0.167. The smallest absolute Gasteiger partial charge is 0.306 e. The van der Waals surface area contributed by atoms with Gasteiger partial charge in [-0.2, -0.15) is 0 Å². The van der Waals surface area contributed by atoms with Gasteiger partial charge >= 0.3 is 17.9 Å². The van der Waals surface area contributed by atoms with E-state index < -0.39 is 6.10 Å². The fourth-order valence-corrected chi connectivity index (χ4v) is 7.71. The van der Waals surface area contributed by atoms with Crippen molar-refractivity contribution in [1.82, 2.24) is 0 Å². The molecule has 0 amide bonds. The van der Waals surface area contributed by atoms with Crippen LogP contribution < -0.4 is 0 Å². The third-order valence-corrected chi connectivity index (χ3v) is 11.7. The monoisotopic (exact) mass is 845 g/mol. The van der Waals surface area contributed by atoms with Gasteiger partial charge < -0.3 is 14.2 Å². The van der Waals surface area contributed by atoms with Gasteiger partial charge in [0.15, 0.2) is 6.10 Å². The van der Waals surface area contributed by atoms with E-state index in [4.69, 9.17) is 14.2 Å². The van der Waals surface area contributed by atoms with Crippen LogP contribution in [-0.2, 0) is 28.6 Å². The molecule has 0 aromatic heterocycles. The summed E-state index contributed by atoms with van der Waals surface area (Å²) < 4.78 is 16.8. The van der Waals surface area contributed by atoms with E-state index in [1.54, 1.807) is 0 Å². The maximum atomic E-state index is 12.8. The van der Waals surface area contributed by atoms with E-state index in [0.717, 1.165) is 70.6 Å². The number of allylic oxidation sites excluding steroid dienone is 4. The molecule has 0 aliphatic carbocycles. The van der Waals surface area contributed by atoms with Crippen LogP contribution in [-0.4, -0.2) is 37.2 Å². The third kappa shape index (κ3) is 46.9. The maximum Gasteiger partial charge on any atom is 0.306 e. The Balaban J connectivity index is 4.31. The highest BCUT2D eigenvalue weighted by Crippen LogP contribution is 2.16. The molecular weight excluding hydrogens is 745 g/mol. The van der Waals surface area contributed by atoms with Crippen molar-refractivity contribution < 1.29 is 28.6 Å². The van der Waals surface area contributed by atoms with Gasteiger partial charge in [-0.3, -0.25) is 14.4 Å². The summed E-state index contributed by atoms with van der Waals surface area (Å²) in [6.07, 6.45) is 55.8. The van der Waals surface area contributed by atoms with E-state index in [1.165, 1.54) is 173 Å². The number of esters is 3. The molecule has 0 N–H and O–H groups in total. The molecule has 352 valence electrons. The highest BCUT2D eigenvalue weighted by atomic mass is 16.6. The summed E-state index contributed by atoms with van der Waals surface area (Å²) in [5, 5.41) is 0. The summed E-state index contributed by atoms with van der Waals surface area (Å²) >= 11 is 0. The van der Waals surface area contributed by atoms with Crippen LogP contribution in [0.5, 0.6) is 0 Å². The van der Waals surface area contributed by atoms with Crippen LogP contribution in [0.4, 0.5) is 0 Å². The minimum absolute atomic E-state index is 0.0689. The van der Waals surface area contributed by atoms with E-state index in [1.807, 2.05) is 0 Å². The van der Waals surface area contributed by atoms with Crippen molar-refractivity contribution in [2.45, 2.75) is 290 Å². The van der Waals surface area contributed by atoms with Crippen molar-refractivity contribution in [3.63, 3.8) is 0 Å². The Labute approximate surface area is 373 Å². The van der Waals surface area contributed by atoms with E-state index in [0.29, 0.717) is 19.3 Å². The lowest BCUT2D eigenvalue weighted by atomic mass is 10.0. The predicted molar refractivity (Wildman–Crippen MR) is 256 cm³/mol. The molecule has 6 nitrogen and oxygen atoms in total. The van der Waals surface area contributed by atoms with Crippen LogP contribution >= 0.6 is 0 Å². The van der Waals surface area contributed by atoms with Gasteiger partial charge in [-0.25, -0.2) is 0 Å². The molecular formula is C54H100O6. The SMILES string of the molecule is CCCCCC/C=C\C/C=C\CCCCCCCCCC(=O)OCC(COC(=O)CCCCCCCCCCCCC)OC(=O)CCCCCCCCCCCCCCC. The largest absolute Gasteiger partial charge is 0.462 e. The lowest BCUT2D eigenvalue weighted by Gasteiger charge is -2.18. The van der Waals surface area contributed by atoms with Crippen molar-refractivity contribution in [3.05, 3.63) is 24.3 Å². The molecule has 0 saturated heterocycles. The maximum absolute atomic E-state index is 12.8. The molecule has 1 atom stereocenters. The molecule has 0 saturated carbocycles. The Kier molecular flexibility index (Phi) is 47.8. The van der Waals surface area contributed by atoms with Crippen LogP contribution in [0.2, 0.25) is 0 Å². The number of hydrogen-bond donors (Lipinski definition) is 0. The van der Waals surface area contributed by atoms with Gasteiger partial charge in [0.2, 0.25) is 0 Å². The van der Waals surface area contributed by atoms with Crippen molar-refractivity contribution in [2.24, 2.45) is 0 Å². The zero-order valence-electron chi connectivity index (χ0n) is 40.2. The molecule has 6 heteroatoms. The number of rotatable bonds is 48. The molecule has 0 aromatic rings. The summed E-state index contributed by atoms with van der Waals surface area (Å²) in [6, 6.07) is 0. The quantitative estimate of drug-likeness (QED) is 0.0263. The zero-order valence-corrected chi connectivity index (χ0v) is 40.2. The second-order valence-electron chi connectivity index (χ2n) is 17.8. The average molecular weight is 845 g/mol. The van der Waals surface area contributed by atoms with Crippen molar-refractivity contribution in [2.75, 3.05) is 13.2 Å². The van der Waals surface area contributed by atoms with Crippen molar-refractivity contribution >= 4 is 17.9 Å². The Morgan fingerprint density at radius 1 is 0.333 bits per heavy atom. The first kappa shape index (κ1) is 57.9. The average Bonchev–Trinajstić information content (AvgIpc) is 3.24. The van der Waals surface area contributed by atoms with Gasteiger partial charge in [-0.15, -0.1) is 0 Å². The molecule has 0 aromatic carbocycles. The second kappa shape index (κ2) is 49.5. The Morgan fingerprint density at radius 2 is 0.600 bits per heavy atom. The zero-order chi connectivity index (χ0) is 43.7. The van der Waals surface area contributed by atoms with Crippen molar-refractivity contribution in [1.29, 1.82) is 0 Å². The molecule has 60 heavy (non-hydrogen) atoms. The number of unbranched alkanes of at least 4 members (excludes halogenated alkanes) is 33. The fourth-order valence-electron chi connectivity index (χ4n) is 7.71. The van der Waals surface area contributed by atoms with Gasteiger partial charge in [-0.05, 0) is 51.4 Å². The molecule has 0 aliphatic rings. The highest BCUT2D eigenvalue weighted by molar-refractivity contribution is 5.71. The molecule has 0 rings (SSSR count). The number of ether oxygens (including phenoxy) is 3. The van der Waals surface area contributed by atoms with Crippen LogP contribution in [0.15, 0.2) is 24.3 Å². The fraction of sp³-hybridized carbons (Fsp3) is 0.870. The third-order valence-electron chi connectivity index (χ3n) is 11.7. The Bertz CT molecular complexity index is 973. The summed E-state index contributed by atoms with van der Waals surface area (Å²) in [4.78, 5) is 37.9. The minimum Gasteiger partial charge on any atom is -0.462 e.